The Kier molecular flexibility index (Phi) is 54.6. The molecule has 98 heavy (non-hydrogen) atoms. The highest BCUT2D eigenvalue weighted by Gasteiger charge is 2.53. The summed E-state index contributed by atoms with van der Waals surface area (Å²) in [5, 5.41) is 28.8. The van der Waals surface area contributed by atoms with Gasteiger partial charge in [0.05, 0.1) is 38.3 Å². The van der Waals surface area contributed by atoms with Gasteiger partial charge in [-0.2, -0.15) is 0 Å². The maximum absolute atomic E-state index is 14.3. The fourth-order valence-corrected chi connectivity index (χ4v) is 13.7. The van der Waals surface area contributed by atoms with E-state index in [4.69, 9.17) is 42.2 Å². The van der Waals surface area contributed by atoms with Gasteiger partial charge in [-0.3, -0.25) is 28.2 Å². The molecule has 2 aliphatic rings. The number of methoxy groups -OCH3 is 1. The number of hydrogen-bond donors (Lipinski definition) is 8. The number of carbonyl (C=O) groups is 4. The number of phosphoric acid groups is 2. The molecule has 0 aromatic heterocycles. The van der Waals surface area contributed by atoms with E-state index in [-0.39, 0.29) is 56.8 Å². The van der Waals surface area contributed by atoms with Crippen LogP contribution in [-0.2, 0) is 70.5 Å². The van der Waals surface area contributed by atoms with Gasteiger partial charge in [-0.05, 0) is 70.6 Å². The predicted octanol–water partition coefficient (Wildman–Crippen LogP) is 14.5. The van der Waals surface area contributed by atoms with Gasteiger partial charge in [-0.1, -0.05) is 233 Å². The summed E-state index contributed by atoms with van der Waals surface area (Å²) in [4.78, 5) is 96.5. The highest BCUT2D eigenvalue weighted by molar-refractivity contribution is 7.46. The van der Waals surface area contributed by atoms with E-state index in [2.05, 4.69) is 57.4 Å². The second kappa shape index (κ2) is 58.2. The van der Waals surface area contributed by atoms with Crippen molar-refractivity contribution in [3.05, 3.63) is 12.2 Å². The molecule has 2 fully saturated rings. The SMILES string of the molecule is CCCCCC/C=C\CCCCO[C@H](CCCCCCC)CCO[C@@H]1[C@@H](NC(=O)CC(=O)CCCCCCCCCCC)[C@H](OC[C@H]2O[C@H](OP(=O)(O)O)[C@H](NC(=O)CC(=O)CCCCCCCCCCC)[C@@H](OCC[C@H](O)CCCCCCC)[C@@H]2O)O[C@H](COC)[C@H]1OP(=O)(O)O. The fourth-order valence-electron chi connectivity index (χ4n) is 12.7. The Morgan fingerprint density at radius 3 is 1.36 bits per heavy atom. The zero-order chi connectivity index (χ0) is 72.1. The van der Waals surface area contributed by atoms with E-state index in [1.54, 1.807) is 0 Å². The predicted molar refractivity (Wildman–Crippen MR) is 381 cm³/mol. The molecule has 0 aliphatic carbocycles. The van der Waals surface area contributed by atoms with Crippen molar-refractivity contribution in [3.8, 4) is 0 Å². The van der Waals surface area contributed by atoms with Gasteiger partial charge in [-0.25, -0.2) is 9.13 Å². The van der Waals surface area contributed by atoms with Crippen LogP contribution in [0.2, 0.25) is 0 Å². The van der Waals surface area contributed by atoms with Gasteiger partial charge in [-0.15, -0.1) is 0 Å². The average molecular weight is 1440 g/mol. The van der Waals surface area contributed by atoms with Gasteiger partial charge in [0.25, 0.3) is 0 Å². The number of ketones is 2. The van der Waals surface area contributed by atoms with E-state index in [1.165, 1.54) is 58.5 Å². The highest BCUT2D eigenvalue weighted by atomic mass is 31.2. The largest absolute Gasteiger partial charge is 0.472 e. The van der Waals surface area contributed by atoms with Gasteiger partial charge in [0.15, 0.2) is 12.6 Å². The number of unbranched alkanes of at least 4 members (excludes halogenated alkanes) is 30. The molecule has 2 heterocycles. The molecule has 0 saturated carbocycles. The molecule has 0 spiro atoms. The third-order valence-corrected chi connectivity index (χ3v) is 19.4. The minimum Gasteiger partial charge on any atom is -0.393 e. The number of rotatable bonds is 66. The maximum Gasteiger partial charge on any atom is 0.472 e. The first kappa shape index (κ1) is 92.0. The molecule has 0 bridgehead atoms. The normalized spacial score (nSPS) is 22.2. The van der Waals surface area contributed by atoms with Crippen LogP contribution >= 0.6 is 15.6 Å². The molecule has 576 valence electrons. The topological polar surface area (TPSA) is 331 Å². The first-order chi connectivity index (χ1) is 47.2. The summed E-state index contributed by atoms with van der Waals surface area (Å²) < 4.78 is 80.4. The third kappa shape index (κ3) is 45.9. The Hall–Kier alpha value is -2.12. The number of carbonyl (C=O) groups excluding carboxylic acids is 4. The van der Waals surface area contributed by atoms with Crippen molar-refractivity contribution in [2.45, 2.75) is 391 Å². The lowest BCUT2D eigenvalue weighted by molar-refractivity contribution is -0.301. The lowest BCUT2D eigenvalue weighted by Gasteiger charge is -2.47. The maximum atomic E-state index is 14.3. The molecule has 12 atom stereocenters. The van der Waals surface area contributed by atoms with E-state index >= 15 is 0 Å². The Bertz CT molecular complexity index is 2140. The summed E-state index contributed by atoms with van der Waals surface area (Å²) in [6.45, 7) is 9.93. The van der Waals surface area contributed by atoms with Crippen molar-refractivity contribution >= 4 is 39.0 Å². The van der Waals surface area contributed by atoms with Crippen LogP contribution in [0.25, 0.3) is 0 Å². The van der Waals surface area contributed by atoms with Crippen LogP contribution in [0.15, 0.2) is 12.2 Å². The minimum atomic E-state index is -5.49. The molecule has 0 unspecified atom stereocenters. The highest BCUT2D eigenvalue weighted by Crippen LogP contribution is 2.44. The molecule has 23 nitrogen and oxygen atoms in total. The Labute approximate surface area is 590 Å². The molecule has 8 N–H and O–H groups in total. The van der Waals surface area contributed by atoms with E-state index < -0.39 is 114 Å². The lowest BCUT2D eigenvalue weighted by atomic mass is 9.95. The summed E-state index contributed by atoms with van der Waals surface area (Å²) in [6.07, 6.45) is 27.7. The average Bonchev–Trinajstić information content (AvgIpc) is 0.787. The van der Waals surface area contributed by atoms with Gasteiger partial charge in [0.1, 0.15) is 60.3 Å². The number of Topliss-reactive ketones (excluding diaryl/α,β-unsaturated/α-hetero) is 2. The molecule has 0 radical (unpaired) electrons. The van der Waals surface area contributed by atoms with Crippen molar-refractivity contribution in [2.75, 3.05) is 40.1 Å². The van der Waals surface area contributed by atoms with Crippen molar-refractivity contribution in [1.29, 1.82) is 0 Å². The minimum absolute atomic E-state index is 0.0706. The summed E-state index contributed by atoms with van der Waals surface area (Å²) >= 11 is 0. The van der Waals surface area contributed by atoms with Crippen molar-refractivity contribution in [3.63, 3.8) is 0 Å². The van der Waals surface area contributed by atoms with Gasteiger partial charge in [0.2, 0.25) is 11.8 Å². The number of amides is 2. The summed E-state index contributed by atoms with van der Waals surface area (Å²) in [5.41, 5.74) is 0. The van der Waals surface area contributed by atoms with Crippen molar-refractivity contribution < 1.29 is 100 Å². The number of nitrogens with one attached hydrogen (secondary N) is 2. The van der Waals surface area contributed by atoms with Crippen LogP contribution < -0.4 is 10.6 Å². The Morgan fingerprint density at radius 1 is 0.449 bits per heavy atom. The third-order valence-electron chi connectivity index (χ3n) is 18.4. The van der Waals surface area contributed by atoms with Gasteiger partial charge >= 0.3 is 15.6 Å². The number of hydrogen-bond acceptors (Lipinski definition) is 17. The lowest BCUT2D eigenvalue weighted by Crippen LogP contribution is -2.67. The van der Waals surface area contributed by atoms with Crippen molar-refractivity contribution in [2.24, 2.45) is 0 Å². The Balaban J connectivity index is 2.61. The molecular weight excluding hydrogens is 1300 g/mol. The molecule has 0 aromatic rings. The monoisotopic (exact) mass is 1440 g/mol. The second-order valence-corrected chi connectivity index (χ2v) is 29.8. The van der Waals surface area contributed by atoms with Gasteiger partial charge < -0.3 is 73.6 Å². The molecule has 2 rings (SSSR count). The number of ether oxygens (including phenoxy) is 7. The first-order valence-corrected chi connectivity index (χ1v) is 41.6. The first-order valence-electron chi connectivity index (χ1n) is 38.6. The van der Waals surface area contributed by atoms with Crippen LogP contribution in [-0.4, -0.2) is 167 Å². The zero-order valence-corrected chi connectivity index (χ0v) is 63.2. The van der Waals surface area contributed by atoms with Crippen LogP contribution in [0.4, 0.5) is 0 Å². The zero-order valence-electron chi connectivity index (χ0n) is 61.4. The number of allylic oxidation sites excluding steroid dienone is 2. The fraction of sp³-hybridized carbons (Fsp3) is 0.918. The van der Waals surface area contributed by atoms with E-state index in [0.29, 0.717) is 38.7 Å². The van der Waals surface area contributed by atoms with Crippen LogP contribution in [0, 0.1) is 0 Å². The van der Waals surface area contributed by atoms with E-state index in [0.717, 1.165) is 167 Å². The number of aliphatic hydroxyl groups is 2. The quantitative estimate of drug-likeness (QED) is 0.0121. The second-order valence-electron chi connectivity index (χ2n) is 27.4. The standard InChI is InChI=1S/C73H138N2O21P2/c1-7-12-17-22-25-28-31-34-39-44-51-89-61(48-43-36-21-16-11-5)50-53-91-71-67(75-65(80)55-60(78)47-42-38-33-30-27-24-19-14-9-3)72(94-63(56-88-6)69(71)95-97(82,83)84)92-57-62-68(81)70(90-52-49-58(76)45-40-35-20-15-10-4)66(73(93-62)96-98(85,86)87)74-64(79)54-59(77)46-41-37-32-29-26-23-18-13-8-2/h28,31,58,61-63,66-73,76,81H,7-27,29-30,32-57H2,1-6H3,(H,74,79)(H,75,80)(H2,82,83,84)(H2,85,86,87)/b31-28-/t58-,61-,62-,63-,66-,67-,68-,69-,70-,71-,72-,73-/m1/s1. The molecule has 2 amide bonds. The Morgan fingerprint density at radius 2 is 0.867 bits per heavy atom. The number of aliphatic hydroxyl groups excluding tert-OH is 2. The van der Waals surface area contributed by atoms with E-state index in [1.807, 2.05) is 0 Å². The van der Waals surface area contributed by atoms with Gasteiger partial charge in [0, 0.05) is 39.8 Å². The molecular formula is C73H138N2O21P2. The molecule has 2 saturated heterocycles. The summed E-state index contributed by atoms with van der Waals surface area (Å²) in [6, 6.07) is -3.16. The van der Waals surface area contributed by atoms with Crippen LogP contribution in [0.3, 0.4) is 0 Å². The molecule has 0 aromatic carbocycles. The summed E-state index contributed by atoms with van der Waals surface area (Å²) in [7, 11) is -9.54. The number of phosphoric ester groups is 2. The van der Waals surface area contributed by atoms with E-state index in [9.17, 15) is 58.1 Å². The van der Waals surface area contributed by atoms with Crippen LogP contribution in [0.5, 0.6) is 0 Å². The summed E-state index contributed by atoms with van der Waals surface area (Å²) in [5.74, 6) is -2.35. The smallest absolute Gasteiger partial charge is 0.393 e. The molecule has 2 aliphatic heterocycles. The molecule has 25 heteroatoms. The van der Waals surface area contributed by atoms with Crippen LogP contribution in [0.1, 0.15) is 317 Å². The van der Waals surface area contributed by atoms with Crippen molar-refractivity contribution in [1.82, 2.24) is 10.6 Å².